The van der Waals surface area contributed by atoms with Crippen molar-refractivity contribution < 1.29 is 17.5 Å². The van der Waals surface area contributed by atoms with Gasteiger partial charge in [0.05, 0.1) is 5.56 Å². The van der Waals surface area contributed by atoms with E-state index >= 15 is 0 Å². The number of nitrogens with one attached hydrogen (secondary N) is 1. The highest BCUT2D eigenvalue weighted by Crippen LogP contribution is 2.32. The average Bonchev–Trinajstić information content (AvgIpc) is 2.50. The van der Waals surface area contributed by atoms with Gasteiger partial charge in [0.1, 0.15) is 16.5 Å². The van der Waals surface area contributed by atoms with Gasteiger partial charge in [0.2, 0.25) is 6.36 Å². The monoisotopic (exact) mass is 286 g/mol. The van der Waals surface area contributed by atoms with Gasteiger partial charge < -0.3 is 4.74 Å². The third kappa shape index (κ3) is 2.70. The first-order valence-corrected chi connectivity index (χ1v) is 7.34. The van der Waals surface area contributed by atoms with Crippen molar-refractivity contribution in [1.29, 1.82) is 0 Å². The summed E-state index contributed by atoms with van der Waals surface area (Å²) in [6.07, 6.45) is -1.53. The molecule has 0 aliphatic carbocycles. The Bertz CT molecular complexity index is 624. The minimum absolute atomic E-state index is 0.0602. The number of sulfonamides is 1. The second-order valence-corrected chi connectivity index (χ2v) is 6.12. The van der Waals surface area contributed by atoms with E-state index in [1.165, 1.54) is 25.1 Å². The van der Waals surface area contributed by atoms with E-state index in [1.807, 2.05) is 13.8 Å². The van der Waals surface area contributed by atoms with Crippen LogP contribution in [0.25, 0.3) is 0 Å². The molecule has 0 aromatic heterocycles. The molecule has 0 saturated heterocycles. The molecule has 0 bridgehead atoms. The molecule has 1 unspecified atom stereocenters. The van der Waals surface area contributed by atoms with E-state index < -0.39 is 16.4 Å². The molecule has 1 aliphatic rings. The zero-order valence-electron chi connectivity index (χ0n) is 10.8. The molecule has 0 fully saturated rings. The highest BCUT2D eigenvalue weighted by molar-refractivity contribution is 7.90. The van der Waals surface area contributed by atoms with Crippen LogP contribution in [0.5, 0.6) is 5.75 Å². The predicted octanol–water partition coefficient (Wildman–Crippen LogP) is 1.83. The van der Waals surface area contributed by atoms with E-state index in [1.54, 1.807) is 0 Å². The molecular weight excluding hydrogens is 271 g/mol. The fraction of sp³-hybridized carbons (Fsp3) is 0.417. The summed E-state index contributed by atoms with van der Waals surface area (Å²) >= 11 is 0. The van der Waals surface area contributed by atoms with E-state index in [2.05, 4.69) is 9.71 Å². The van der Waals surface area contributed by atoms with Gasteiger partial charge in [-0.15, -0.1) is 0 Å². The quantitative estimate of drug-likeness (QED) is 0.921. The summed E-state index contributed by atoms with van der Waals surface area (Å²) in [5.74, 6) is 0.363. The van der Waals surface area contributed by atoms with Crippen molar-refractivity contribution in [1.82, 2.24) is 4.72 Å². The number of benzene rings is 1. The van der Waals surface area contributed by atoms with Crippen LogP contribution in [0.3, 0.4) is 0 Å². The number of aliphatic imine (C=N–C) groups is 1. The van der Waals surface area contributed by atoms with Crippen LogP contribution in [0.4, 0.5) is 4.39 Å². The molecule has 104 valence electrons. The van der Waals surface area contributed by atoms with Crippen LogP contribution in [0, 0.1) is 0 Å². The van der Waals surface area contributed by atoms with Gasteiger partial charge in [0, 0.05) is 13.0 Å². The number of amidine groups is 1. The molecule has 1 aromatic rings. The number of hydrogen-bond donors (Lipinski definition) is 1. The van der Waals surface area contributed by atoms with Crippen molar-refractivity contribution >= 4 is 15.9 Å². The molecule has 0 amide bonds. The van der Waals surface area contributed by atoms with E-state index in [-0.39, 0.29) is 22.5 Å². The van der Waals surface area contributed by atoms with Gasteiger partial charge >= 0.3 is 0 Å². The number of alkyl halides is 1. The summed E-state index contributed by atoms with van der Waals surface area (Å²) in [5.41, 5.74) is 0.292. The van der Waals surface area contributed by atoms with E-state index in [0.717, 1.165) is 0 Å². The lowest BCUT2D eigenvalue weighted by molar-refractivity contribution is 0.0856. The molecule has 0 radical (unpaired) electrons. The van der Waals surface area contributed by atoms with E-state index in [4.69, 9.17) is 4.74 Å². The minimum Gasteiger partial charge on any atom is -0.460 e. The van der Waals surface area contributed by atoms with Gasteiger partial charge in [-0.25, -0.2) is 12.8 Å². The molecule has 0 saturated carbocycles. The first-order valence-electron chi connectivity index (χ1n) is 5.86. The smallest absolute Gasteiger partial charge is 0.263 e. The fourth-order valence-corrected chi connectivity index (χ4v) is 3.07. The van der Waals surface area contributed by atoms with Crippen LogP contribution < -0.4 is 9.46 Å². The minimum atomic E-state index is -3.64. The normalized spacial score (nSPS) is 20.2. The Labute approximate surface area is 111 Å². The highest BCUT2D eigenvalue weighted by Gasteiger charge is 2.34. The second kappa shape index (κ2) is 4.80. The lowest BCUT2D eigenvalue weighted by Crippen LogP contribution is -2.23. The molecule has 7 heteroatoms. The van der Waals surface area contributed by atoms with E-state index in [0.29, 0.717) is 5.56 Å². The Morgan fingerprint density at radius 1 is 1.32 bits per heavy atom. The number of hydrogen-bond acceptors (Lipinski definition) is 4. The Hall–Kier alpha value is -1.63. The van der Waals surface area contributed by atoms with Gasteiger partial charge in [-0.1, -0.05) is 6.07 Å². The van der Waals surface area contributed by atoms with Gasteiger partial charge in [-0.05, 0) is 26.0 Å². The summed E-state index contributed by atoms with van der Waals surface area (Å²) in [5, 5.41) is 0. The summed E-state index contributed by atoms with van der Waals surface area (Å²) in [6, 6.07) is 4.37. The first-order chi connectivity index (χ1) is 8.81. The van der Waals surface area contributed by atoms with Crippen LogP contribution in [-0.4, -0.2) is 26.7 Å². The van der Waals surface area contributed by atoms with Gasteiger partial charge in [-0.3, -0.25) is 9.71 Å². The number of rotatable bonds is 3. The first kappa shape index (κ1) is 13.8. The van der Waals surface area contributed by atoms with Crippen LogP contribution in [0.1, 0.15) is 26.3 Å². The molecule has 0 spiro atoms. The third-order valence-corrected chi connectivity index (χ3v) is 3.80. The lowest BCUT2D eigenvalue weighted by atomic mass is 10.2. The van der Waals surface area contributed by atoms with Crippen molar-refractivity contribution in [2.45, 2.75) is 38.1 Å². The van der Waals surface area contributed by atoms with Gasteiger partial charge in [0.15, 0.2) is 0 Å². The zero-order chi connectivity index (χ0) is 14.2. The summed E-state index contributed by atoms with van der Waals surface area (Å²) in [4.78, 5) is 4.27. The Morgan fingerprint density at radius 3 is 2.58 bits per heavy atom. The summed E-state index contributed by atoms with van der Waals surface area (Å²) < 4.78 is 44.3. The van der Waals surface area contributed by atoms with Gasteiger partial charge in [0.25, 0.3) is 10.0 Å². The van der Waals surface area contributed by atoms with Crippen LogP contribution >= 0.6 is 0 Å². The number of halogens is 1. The Morgan fingerprint density at radius 2 is 2.00 bits per heavy atom. The number of nitrogens with zero attached hydrogens (tertiary/aromatic N) is 1. The van der Waals surface area contributed by atoms with Crippen molar-refractivity contribution in [2.75, 3.05) is 0 Å². The Balaban J connectivity index is 2.63. The second-order valence-electron chi connectivity index (χ2n) is 4.47. The van der Waals surface area contributed by atoms with Crippen molar-refractivity contribution in [2.24, 2.45) is 4.99 Å². The molecule has 19 heavy (non-hydrogen) atoms. The standard InChI is InChI=1S/C12H15FN2O3S/c1-7(2)14-12-11-9(18-8(3)13)5-4-6-10(11)19(16,17)15-12/h4-8H,1-3H3,(H,14,15). The largest absolute Gasteiger partial charge is 0.460 e. The maximum Gasteiger partial charge on any atom is 0.263 e. The van der Waals surface area contributed by atoms with E-state index in [9.17, 15) is 12.8 Å². The Kier molecular flexibility index (Phi) is 3.49. The molecule has 2 rings (SSSR count). The van der Waals surface area contributed by atoms with Gasteiger partial charge in [-0.2, -0.15) is 0 Å². The molecular formula is C12H15FN2O3S. The molecule has 1 N–H and O–H groups in total. The molecule has 1 aliphatic heterocycles. The van der Waals surface area contributed by atoms with Crippen molar-refractivity contribution in [3.8, 4) is 5.75 Å². The maximum absolute atomic E-state index is 13.0. The SMILES string of the molecule is CC(C)N=C1NS(=O)(=O)c2cccc(OC(C)F)c21. The average molecular weight is 286 g/mol. The topological polar surface area (TPSA) is 67.8 Å². The molecule has 5 nitrogen and oxygen atoms in total. The fourth-order valence-electron chi connectivity index (χ4n) is 1.82. The molecule has 1 aromatic carbocycles. The van der Waals surface area contributed by atoms with Crippen LogP contribution in [0.15, 0.2) is 28.1 Å². The van der Waals surface area contributed by atoms with Crippen LogP contribution in [0.2, 0.25) is 0 Å². The maximum atomic E-state index is 13.0. The van der Waals surface area contributed by atoms with Crippen LogP contribution in [-0.2, 0) is 10.0 Å². The number of ether oxygens (including phenoxy) is 1. The predicted molar refractivity (Wildman–Crippen MR) is 69.6 cm³/mol. The van der Waals surface area contributed by atoms with Crippen molar-refractivity contribution in [3.05, 3.63) is 23.8 Å². The number of fused-ring (bicyclic) bond motifs is 1. The summed E-state index contributed by atoms with van der Waals surface area (Å²) in [6.45, 7) is 4.87. The third-order valence-electron chi connectivity index (χ3n) is 2.42. The van der Waals surface area contributed by atoms with Crippen molar-refractivity contribution in [3.63, 3.8) is 0 Å². The highest BCUT2D eigenvalue weighted by atomic mass is 32.2. The lowest BCUT2D eigenvalue weighted by Gasteiger charge is -2.10. The molecule has 1 heterocycles. The zero-order valence-corrected chi connectivity index (χ0v) is 11.7. The summed E-state index contributed by atoms with van der Waals surface area (Å²) in [7, 11) is -3.64. The molecule has 1 atom stereocenters.